The van der Waals surface area contributed by atoms with Gasteiger partial charge in [-0.05, 0) is 30.3 Å². The molecule has 3 N–H and O–H groups in total. The van der Waals surface area contributed by atoms with Gasteiger partial charge in [-0.25, -0.2) is 8.42 Å². The topological polar surface area (TPSA) is 98.0 Å². The molecule has 0 bridgehead atoms. The quantitative estimate of drug-likeness (QED) is 0.721. The van der Waals surface area contributed by atoms with Gasteiger partial charge in [0.05, 0.1) is 22.4 Å². The Hall–Kier alpha value is -2.67. The third-order valence-corrected chi connectivity index (χ3v) is 4.39. The fourth-order valence-electron chi connectivity index (χ4n) is 1.96. The summed E-state index contributed by atoms with van der Waals surface area (Å²) in [5.41, 5.74) is 7.62. The molecule has 0 amide bonds. The van der Waals surface area contributed by atoms with E-state index in [2.05, 4.69) is 14.7 Å². The molecule has 0 atom stereocenters. The highest BCUT2D eigenvalue weighted by atomic mass is 32.2. The lowest BCUT2D eigenvalue weighted by molar-refractivity contribution is 0.601. The van der Waals surface area contributed by atoms with Crippen LogP contribution >= 0.6 is 0 Å². The van der Waals surface area contributed by atoms with E-state index in [0.29, 0.717) is 16.7 Å². The zero-order chi connectivity index (χ0) is 14.9. The summed E-state index contributed by atoms with van der Waals surface area (Å²) in [6.07, 6.45) is 3.13. The second-order valence-electron chi connectivity index (χ2n) is 4.40. The zero-order valence-corrected chi connectivity index (χ0v) is 11.7. The number of hydrogen-bond donors (Lipinski definition) is 2. The first-order valence-corrected chi connectivity index (χ1v) is 7.63. The smallest absolute Gasteiger partial charge is 0.263 e. The molecule has 0 saturated heterocycles. The van der Waals surface area contributed by atoms with Crippen molar-refractivity contribution in [2.45, 2.75) is 4.90 Å². The molecule has 3 rings (SSSR count). The largest absolute Gasteiger partial charge is 0.398 e. The number of nitrogens with zero attached hydrogens (tertiary/aromatic N) is 2. The van der Waals surface area contributed by atoms with Gasteiger partial charge in [-0.1, -0.05) is 12.1 Å². The lowest BCUT2D eigenvalue weighted by Gasteiger charge is -2.10. The number of anilines is 2. The third-order valence-electron chi connectivity index (χ3n) is 2.93. The molecule has 2 aromatic carbocycles. The molecule has 6 nitrogen and oxygen atoms in total. The van der Waals surface area contributed by atoms with Crippen LogP contribution in [-0.2, 0) is 10.0 Å². The maximum Gasteiger partial charge on any atom is 0.263 e. The van der Waals surface area contributed by atoms with Crippen molar-refractivity contribution in [1.29, 1.82) is 0 Å². The molecule has 0 fully saturated rings. The van der Waals surface area contributed by atoms with Crippen molar-refractivity contribution in [3.63, 3.8) is 0 Å². The van der Waals surface area contributed by atoms with Crippen molar-refractivity contribution >= 4 is 32.4 Å². The monoisotopic (exact) mass is 300 g/mol. The lowest BCUT2D eigenvalue weighted by Crippen LogP contribution is -2.14. The Labute approximate surface area is 121 Å². The van der Waals surface area contributed by atoms with Crippen molar-refractivity contribution in [1.82, 2.24) is 9.97 Å². The van der Waals surface area contributed by atoms with Gasteiger partial charge >= 0.3 is 0 Å². The summed E-state index contributed by atoms with van der Waals surface area (Å²) in [6, 6.07) is 11.3. The van der Waals surface area contributed by atoms with Crippen LogP contribution in [0.25, 0.3) is 11.0 Å². The van der Waals surface area contributed by atoms with Gasteiger partial charge in [0, 0.05) is 12.4 Å². The van der Waals surface area contributed by atoms with Crippen LogP contribution in [0.3, 0.4) is 0 Å². The molecular formula is C14H12N4O2S. The third kappa shape index (κ3) is 2.63. The Morgan fingerprint density at radius 3 is 2.43 bits per heavy atom. The highest BCUT2D eigenvalue weighted by Gasteiger charge is 2.17. The first-order chi connectivity index (χ1) is 10.1. The van der Waals surface area contributed by atoms with E-state index in [4.69, 9.17) is 5.73 Å². The fourth-order valence-corrected chi connectivity index (χ4v) is 3.15. The van der Waals surface area contributed by atoms with Gasteiger partial charge in [0.15, 0.2) is 0 Å². The van der Waals surface area contributed by atoms with Gasteiger partial charge < -0.3 is 5.73 Å². The molecule has 0 unspecified atom stereocenters. The van der Waals surface area contributed by atoms with E-state index in [9.17, 15) is 8.42 Å². The molecular weight excluding hydrogens is 288 g/mol. The normalized spacial score (nSPS) is 11.4. The average molecular weight is 300 g/mol. The molecule has 3 aromatic rings. The number of hydrogen-bond acceptors (Lipinski definition) is 5. The van der Waals surface area contributed by atoms with Gasteiger partial charge in [-0.3, -0.25) is 14.7 Å². The molecule has 1 aromatic heterocycles. The predicted octanol–water partition coefficient (Wildman–Crippen LogP) is 2.01. The maximum absolute atomic E-state index is 12.3. The van der Waals surface area contributed by atoms with E-state index in [0.717, 1.165) is 0 Å². The van der Waals surface area contributed by atoms with Crippen LogP contribution in [0.15, 0.2) is 59.8 Å². The lowest BCUT2D eigenvalue weighted by atomic mass is 10.3. The van der Waals surface area contributed by atoms with Gasteiger partial charge in [0.2, 0.25) is 0 Å². The summed E-state index contributed by atoms with van der Waals surface area (Å²) in [4.78, 5) is 8.32. The van der Waals surface area contributed by atoms with Crippen LogP contribution in [0.5, 0.6) is 0 Å². The standard InChI is InChI=1S/C14H12N4O2S/c15-11-3-1-2-4-14(11)21(19,20)18-10-5-6-12-13(9-10)17-8-7-16-12/h1-9,18H,15H2. The Bertz CT molecular complexity index is 910. The van der Waals surface area contributed by atoms with E-state index < -0.39 is 10.0 Å². The fraction of sp³-hybridized carbons (Fsp3) is 0. The van der Waals surface area contributed by atoms with Crippen LogP contribution in [0.2, 0.25) is 0 Å². The minimum absolute atomic E-state index is 0.0456. The van der Waals surface area contributed by atoms with E-state index in [1.807, 2.05) is 0 Å². The van der Waals surface area contributed by atoms with Crippen LogP contribution in [-0.4, -0.2) is 18.4 Å². The summed E-state index contributed by atoms with van der Waals surface area (Å²) >= 11 is 0. The first-order valence-electron chi connectivity index (χ1n) is 6.14. The molecule has 21 heavy (non-hydrogen) atoms. The number of benzene rings is 2. The molecule has 106 valence electrons. The number of aromatic nitrogens is 2. The first kappa shape index (κ1) is 13.3. The average Bonchev–Trinajstić information content (AvgIpc) is 2.47. The van der Waals surface area contributed by atoms with Crippen LogP contribution in [0.4, 0.5) is 11.4 Å². The van der Waals surface area contributed by atoms with Gasteiger partial charge in [-0.15, -0.1) is 0 Å². The number of rotatable bonds is 3. The van der Waals surface area contributed by atoms with Crippen molar-refractivity contribution in [3.05, 3.63) is 54.9 Å². The highest BCUT2D eigenvalue weighted by molar-refractivity contribution is 7.92. The maximum atomic E-state index is 12.3. The molecule has 0 saturated carbocycles. The zero-order valence-electron chi connectivity index (χ0n) is 10.9. The molecule has 0 aliphatic rings. The summed E-state index contributed by atoms with van der Waals surface area (Å²) in [5, 5.41) is 0. The van der Waals surface area contributed by atoms with Crippen molar-refractivity contribution in [2.75, 3.05) is 10.5 Å². The summed E-state index contributed by atoms with van der Waals surface area (Å²) in [5.74, 6) is 0. The molecule has 0 aliphatic carbocycles. The number of sulfonamides is 1. The molecule has 0 radical (unpaired) electrons. The Morgan fingerprint density at radius 2 is 1.67 bits per heavy atom. The summed E-state index contributed by atoms with van der Waals surface area (Å²) in [6.45, 7) is 0. The van der Waals surface area contributed by atoms with Crippen molar-refractivity contribution < 1.29 is 8.42 Å². The predicted molar refractivity (Wildman–Crippen MR) is 81.2 cm³/mol. The van der Waals surface area contributed by atoms with E-state index in [1.165, 1.54) is 6.07 Å². The second kappa shape index (κ2) is 5.02. The van der Waals surface area contributed by atoms with Crippen molar-refractivity contribution in [3.8, 4) is 0 Å². The van der Waals surface area contributed by atoms with Crippen LogP contribution in [0.1, 0.15) is 0 Å². The Kier molecular flexibility index (Phi) is 3.19. The molecule has 1 heterocycles. The molecule has 0 spiro atoms. The number of nitrogens with one attached hydrogen (secondary N) is 1. The molecule has 0 aliphatic heterocycles. The SMILES string of the molecule is Nc1ccccc1S(=O)(=O)Nc1ccc2nccnc2c1. The minimum atomic E-state index is -3.74. The molecule has 7 heteroatoms. The second-order valence-corrected chi connectivity index (χ2v) is 6.05. The minimum Gasteiger partial charge on any atom is -0.398 e. The van der Waals surface area contributed by atoms with Crippen LogP contribution < -0.4 is 10.5 Å². The van der Waals surface area contributed by atoms with Crippen LogP contribution in [0, 0.1) is 0 Å². The highest BCUT2D eigenvalue weighted by Crippen LogP contribution is 2.22. The van der Waals surface area contributed by atoms with Gasteiger partial charge in [0.1, 0.15) is 4.90 Å². The summed E-state index contributed by atoms with van der Waals surface area (Å²) < 4.78 is 27.2. The van der Waals surface area contributed by atoms with Gasteiger partial charge in [0.25, 0.3) is 10.0 Å². The van der Waals surface area contributed by atoms with E-state index in [-0.39, 0.29) is 10.6 Å². The Balaban J connectivity index is 1.99. The number of fused-ring (bicyclic) bond motifs is 1. The van der Waals surface area contributed by atoms with Gasteiger partial charge in [-0.2, -0.15) is 0 Å². The van der Waals surface area contributed by atoms with E-state index >= 15 is 0 Å². The Morgan fingerprint density at radius 1 is 0.952 bits per heavy atom. The number of nitrogens with two attached hydrogens (primary N) is 1. The summed E-state index contributed by atoms with van der Waals surface area (Å²) in [7, 11) is -3.74. The van der Waals surface area contributed by atoms with Crippen molar-refractivity contribution in [2.24, 2.45) is 0 Å². The number of para-hydroxylation sites is 1. The number of nitrogen functional groups attached to an aromatic ring is 1. The van der Waals surface area contributed by atoms with E-state index in [1.54, 1.807) is 48.8 Å².